The number of hydrogen-bond acceptors (Lipinski definition) is 6. The number of esters is 1. The molecule has 1 saturated heterocycles. The molecular formula is C20H23NO4S. The molecule has 0 bridgehead atoms. The van der Waals surface area contributed by atoms with Crippen LogP contribution in [0, 0.1) is 6.92 Å². The number of hydrogen-bond donors (Lipinski definition) is 0. The van der Waals surface area contributed by atoms with Crippen LogP contribution >= 0.6 is 11.3 Å². The Morgan fingerprint density at radius 1 is 1.35 bits per heavy atom. The summed E-state index contributed by atoms with van der Waals surface area (Å²) in [6.07, 6.45) is 6.40. The summed E-state index contributed by atoms with van der Waals surface area (Å²) in [5, 5.41) is 3.03. The first kappa shape index (κ1) is 18.6. The number of ether oxygens (including phenoxy) is 3. The molecule has 138 valence electrons. The van der Waals surface area contributed by atoms with E-state index in [1.807, 2.05) is 36.6 Å². The summed E-state index contributed by atoms with van der Waals surface area (Å²) in [5.41, 5.74) is 1.84. The third-order valence-electron chi connectivity index (χ3n) is 4.03. The molecule has 1 aromatic carbocycles. The van der Waals surface area contributed by atoms with Crippen LogP contribution in [0.1, 0.15) is 35.5 Å². The Labute approximate surface area is 157 Å². The topological polar surface area (TPSA) is 57.7 Å². The molecule has 1 aliphatic rings. The van der Waals surface area contributed by atoms with Gasteiger partial charge in [-0.25, -0.2) is 9.78 Å². The maximum atomic E-state index is 11.8. The van der Waals surface area contributed by atoms with Crippen molar-refractivity contribution in [2.45, 2.75) is 38.9 Å². The lowest BCUT2D eigenvalue weighted by Gasteiger charge is -2.21. The van der Waals surface area contributed by atoms with Gasteiger partial charge >= 0.3 is 5.97 Å². The largest absolute Gasteiger partial charge is 0.487 e. The molecule has 26 heavy (non-hydrogen) atoms. The highest BCUT2D eigenvalue weighted by molar-refractivity contribution is 7.09. The molecule has 0 N–H and O–H groups in total. The summed E-state index contributed by atoms with van der Waals surface area (Å²) < 4.78 is 16.5. The van der Waals surface area contributed by atoms with Gasteiger partial charge in [-0.15, -0.1) is 11.3 Å². The van der Waals surface area contributed by atoms with Crippen molar-refractivity contribution in [2.75, 3.05) is 13.2 Å². The Morgan fingerprint density at radius 3 is 2.88 bits per heavy atom. The second-order valence-electron chi connectivity index (χ2n) is 6.17. The number of rotatable bonds is 7. The molecule has 0 amide bonds. The zero-order chi connectivity index (χ0) is 18.2. The zero-order valence-electron chi connectivity index (χ0n) is 14.8. The van der Waals surface area contributed by atoms with Gasteiger partial charge in [-0.05, 0) is 50.0 Å². The van der Waals surface area contributed by atoms with Gasteiger partial charge in [-0.1, -0.05) is 12.1 Å². The van der Waals surface area contributed by atoms with E-state index in [1.165, 1.54) is 6.08 Å². The molecule has 1 atom stereocenters. The minimum absolute atomic E-state index is 0.0408. The minimum Gasteiger partial charge on any atom is -0.487 e. The number of aromatic nitrogens is 1. The van der Waals surface area contributed by atoms with Crippen molar-refractivity contribution in [2.24, 2.45) is 0 Å². The molecule has 1 unspecified atom stereocenters. The molecule has 0 aliphatic carbocycles. The quantitative estimate of drug-likeness (QED) is 0.539. The Balaban J connectivity index is 1.42. The first-order valence-electron chi connectivity index (χ1n) is 8.79. The molecule has 2 heterocycles. The molecule has 1 aromatic heterocycles. The lowest BCUT2D eigenvalue weighted by molar-refractivity contribution is -0.143. The van der Waals surface area contributed by atoms with Gasteiger partial charge in [0.05, 0.1) is 16.8 Å². The number of thiazole rings is 1. The van der Waals surface area contributed by atoms with E-state index in [0.717, 1.165) is 47.9 Å². The van der Waals surface area contributed by atoms with E-state index in [9.17, 15) is 4.79 Å². The van der Waals surface area contributed by atoms with Gasteiger partial charge in [0.15, 0.2) is 0 Å². The Hall–Kier alpha value is -2.18. The summed E-state index contributed by atoms with van der Waals surface area (Å²) in [7, 11) is 0. The van der Waals surface area contributed by atoms with Crippen molar-refractivity contribution in [3.63, 3.8) is 0 Å². The fraction of sp³-hybridized carbons (Fsp3) is 0.400. The summed E-state index contributed by atoms with van der Waals surface area (Å²) >= 11 is 1.61. The van der Waals surface area contributed by atoms with Gasteiger partial charge < -0.3 is 14.2 Å². The van der Waals surface area contributed by atoms with E-state index in [1.54, 1.807) is 17.4 Å². The monoisotopic (exact) mass is 373 g/mol. The lowest BCUT2D eigenvalue weighted by Crippen LogP contribution is -2.25. The molecule has 2 aromatic rings. The number of benzene rings is 1. The van der Waals surface area contributed by atoms with Crippen LogP contribution in [0.4, 0.5) is 0 Å². The van der Waals surface area contributed by atoms with Crippen LogP contribution in [0.3, 0.4) is 0 Å². The maximum absolute atomic E-state index is 11.8. The van der Waals surface area contributed by atoms with Crippen LogP contribution in [-0.4, -0.2) is 30.3 Å². The van der Waals surface area contributed by atoms with Crippen LogP contribution in [-0.2, 0) is 20.9 Å². The standard InChI is InChI=1S/C20H23NO4S/c1-15-21-17(14-26-15)12-24-18-8-5-16(6-9-18)7-10-20(22)25-13-19-4-2-3-11-23-19/h5-10,14,19H,2-4,11-13H2,1H3/b10-7+. The predicted molar refractivity (Wildman–Crippen MR) is 101 cm³/mol. The maximum Gasteiger partial charge on any atom is 0.330 e. The fourth-order valence-electron chi connectivity index (χ4n) is 2.63. The van der Waals surface area contributed by atoms with Gasteiger partial charge in [-0.2, -0.15) is 0 Å². The van der Waals surface area contributed by atoms with E-state index in [2.05, 4.69) is 4.98 Å². The average Bonchev–Trinajstić information content (AvgIpc) is 3.10. The smallest absolute Gasteiger partial charge is 0.330 e. The van der Waals surface area contributed by atoms with Crippen LogP contribution in [0.25, 0.3) is 6.08 Å². The molecule has 0 saturated carbocycles. The van der Waals surface area contributed by atoms with Crippen LogP contribution in [0.2, 0.25) is 0 Å². The molecular weight excluding hydrogens is 350 g/mol. The first-order valence-corrected chi connectivity index (χ1v) is 9.67. The van der Waals surface area contributed by atoms with Crippen molar-refractivity contribution in [3.05, 3.63) is 52.0 Å². The van der Waals surface area contributed by atoms with Crippen LogP contribution in [0.5, 0.6) is 5.75 Å². The van der Waals surface area contributed by atoms with E-state index in [4.69, 9.17) is 14.2 Å². The number of aryl methyl sites for hydroxylation is 1. The van der Waals surface area contributed by atoms with E-state index < -0.39 is 0 Å². The van der Waals surface area contributed by atoms with Gasteiger partial charge in [0.2, 0.25) is 0 Å². The zero-order valence-corrected chi connectivity index (χ0v) is 15.7. The van der Waals surface area contributed by atoms with E-state index >= 15 is 0 Å². The molecule has 3 rings (SSSR count). The Bertz CT molecular complexity index is 733. The van der Waals surface area contributed by atoms with E-state index in [0.29, 0.717) is 13.2 Å². The highest BCUT2D eigenvalue weighted by Crippen LogP contribution is 2.16. The van der Waals surface area contributed by atoms with Gasteiger partial charge in [0.25, 0.3) is 0 Å². The SMILES string of the molecule is Cc1nc(COc2ccc(/C=C/C(=O)OCC3CCCCO3)cc2)cs1. The van der Waals surface area contributed by atoms with Gasteiger partial charge in [0, 0.05) is 18.1 Å². The second kappa shape index (κ2) is 9.50. The molecule has 6 heteroatoms. The molecule has 1 aliphatic heterocycles. The van der Waals surface area contributed by atoms with Crippen molar-refractivity contribution in [1.29, 1.82) is 0 Å². The fourth-order valence-corrected chi connectivity index (χ4v) is 3.23. The number of carbonyl (C=O) groups excluding carboxylic acids is 1. The molecule has 1 fully saturated rings. The molecule has 0 spiro atoms. The summed E-state index contributed by atoms with van der Waals surface area (Å²) in [6.45, 7) is 3.51. The third-order valence-corrected chi connectivity index (χ3v) is 4.85. The normalized spacial score (nSPS) is 17.3. The van der Waals surface area contributed by atoms with Gasteiger partial charge in [-0.3, -0.25) is 0 Å². The Morgan fingerprint density at radius 2 is 2.19 bits per heavy atom. The van der Waals surface area contributed by atoms with E-state index in [-0.39, 0.29) is 12.1 Å². The summed E-state index contributed by atoms with van der Waals surface area (Å²) in [5.74, 6) is 0.420. The third kappa shape index (κ3) is 5.97. The van der Waals surface area contributed by atoms with Crippen LogP contribution in [0.15, 0.2) is 35.7 Å². The number of carbonyl (C=O) groups is 1. The first-order chi connectivity index (χ1) is 12.7. The molecule has 0 radical (unpaired) electrons. The average molecular weight is 373 g/mol. The lowest BCUT2D eigenvalue weighted by atomic mass is 10.1. The van der Waals surface area contributed by atoms with Crippen molar-refractivity contribution in [3.8, 4) is 5.75 Å². The highest BCUT2D eigenvalue weighted by Gasteiger charge is 2.15. The van der Waals surface area contributed by atoms with Crippen LogP contribution < -0.4 is 4.74 Å². The van der Waals surface area contributed by atoms with Gasteiger partial charge in [0.1, 0.15) is 19.0 Å². The van der Waals surface area contributed by atoms with Crippen molar-refractivity contribution >= 4 is 23.4 Å². The van der Waals surface area contributed by atoms with Crippen molar-refractivity contribution < 1.29 is 19.0 Å². The highest BCUT2D eigenvalue weighted by atomic mass is 32.1. The second-order valence-corrected chi connectivity index (χ2v) is 7.23. The Kier molecular flexibility index (Phi) is 6.80. The van der Waals surface area contributed by atoms with Crippen molar-refractivity contribution in [1.82, 2.24) is 4.98 Å². The number of nitrogens with zero attached hydrogens (tertiary/aromatic N) is 1. The summed E-state index contributed by atoms with van der Waals surface area (Å²) in [4.78, 5) is 16.2. The predicted octanol–water partition coefficient (Wildman–Crippen LogP) is 4.16. The minimum atomic E-state index is -0.349. The summed E-state index contributed by atoms with van der Waals surface area (Å²) in [6, 6.07) is 7.55. The molecule has 5 nitrogen and oxygen atoms in total.